The largest absolute Gasteiger partial charge is 0.319 e. The summed E-state index contributed by atoms with van der Waals surface area (Å²) in [6.07, 6.45) is 3.58. The first-order valence-electron chi connectivity index (χ1n) is 7.18. The summed E-state index contributed by atoms with van der Waals surface area (Å²) in [4.78, 5) is 9.52. The predicted octanol–water partition coefficient (Wildman–Crippen LogP) is 5.15. The molecule has 3 heterocycles. The van der Waals surface area contributed by atoms with Crippen molar-refractivity contribution >= 4 is 11.3 Å². The van der Waals surface area contributed by atoms with E-state index >= 15 is 0 Å². The summed E-state index contributed by atoms with van der Waals surface area (Å²) in [5.74, 6) is 0. The summed E-state index contributed by atoms with van der Waals surface area (Å²) < 4.78 is 0. The molecule has 4 aromatic rings. The van der Waals surface area contributed by atoms with Crippen molar-refractivity contribution in [3.05, 3.63) is 96.6 Å². The van der Waals surface area contributed by atoms with Crippen molar-refractivity contribution in [2.75, 3.05) is 0 Å². The molecule has 0 bridgehead atoms. The van der Waals surface area contributed by atoms with Crippen LogP contribution in [0.2, 0.25) is 0 Å². The van der Waals surface area contributed by atoms with Crippen LogP contribution >= 0.6 is 11.3 Å². The Morgan fingerprint density at radius 3 is 1.92 bits per heavy atom. The van der Waals surface area contributed by atoms with Gasteiger partial charge in [-0.1, -0.05) is 29.1 Å². The van der Waals surface area contributed by atoms with Crippen molar-refractivity contribution in [3.8, 4) is 21.8 Å². The number of nitrogens with zero attached hydrogens (tertiary/aromatic N) is 2. The van der Waals surface area contributed by atoms with Crippen LogP contribution in [0.5, 0.6) is 0 Å². The Balaban J connectivity index is 0.000000232. The first kappa shape index (κ1) is 21.6. The molecular weight excluding hydrogens is 598 g/mol. The van der Waals surface area contributed by atoms with Gasteiger partial charge in [0.1, 0.15) is 0 Å². The number of benzene rings is 1. The van der Waals surface area contributed by atoms with Crippen LogP contribution in [-0.2, 0) is 40.5 Å². The van der Waals surface area contributed by atoms with Crippen LogP contribution in [-0.4, -0.2) is 9.97 Å². The van der Waals surface area contributed by atoms with Gasteiger partial charge in [-0.05, 0) is 23.5 Å². The van der Waals surface area contributed by atoms with Crippen molar-refractivity contribution < 1.29 is 40.5 Å². The van der Waals surface area contributed by atoms with Gasteiger partial charge >= 0.3 is 0 Å². The molecule has 0 N–H and O–H groups in total. The van der Waals surface area contributed by atoms with Crippen LogP contribution < -0.4 is 0 Å². The fourth-order valence-corrected chi connectivity index (χ4v) is 2.60. The molecule has 1 aromatic carbocycles. The van der Waals surface area contributed by atoms with Gasteiger partial charge in [-0.15, -0.1) is 41.3 Å². The smallest absolute Gasteiger partial charge is 0.0160 e. The maximum atomic E-state index is 4.22. The molecule has 0 aliphatic heterocycles. The van der Waals surface area contributed by atoms with Crippen LogP contribution in [0.1, 0.15) is 0 Å². The van der Waals surface area contributed by atoms with E-state index in [0.717, 1.165) is 21.8 Å². The van der Waals surface area contributed by atoms with Gasteiger partial charge in [0.05, 0.1) is 0 Å². The molecule has 25 heavy (non-hydrogen) atoms. The van der Waals surface area contributed by atoms with Gasteiger partial charge in [-0.25, -0.2) is 11.3 Å². The topological polar surface area (TPSA) is 25.8 Å². The number of pyridine rings is 2. The minimum atomic E-state index is 0. The van der Waals surface area contributed by atoms with E-state index in [1.54, 1.807) is 23.7 Å². The fraction of sp³-hybridized carbons (Fsp3) is 0. The molecule has 0 saturated heterocycles. The predicted molar refractivity (Wildman–Crippen MR) is 94.9 cm³/mol. The van der Waals surface area contributed by atoms with Gasteiger partial charge in [-0.3, -0.25) is 0 Å². The third kappa shape index (κ3) is 6.74. The maximum absolute atomic E-state index is 4.22. The van der Waals surface area contributed by atoms with Gasteiger partial charge in [0.25, 0.3) is 0 Å². The number of aromatic nitrogens is 2. The molecule has 4 rings (SSSR count). The van der Waals surface area contributed by atoms with Crippen LogP contribution in [0.3, 0.4) is 0 Å². The normalized spacial score (nSPS) is 8.96. The second-order valence-electron chi connectivity index (χ2n) is 4.60. The zero-order chi connectivity index (χ0) is 15.7. The van der Waals surface area contributed by atoms with Crippen LogP contribution in [0.25, 0.3) is 21.8 Å². The quantitative estimate of drug-likeness (QED) is 0.231. The Labute approximate surface area is 179 Å². The van der Waals surface area contributed by atoms with E-state index in [9.17, 15) is 0 Å². The first-order chi connectivity index (χ1) is 11.4. The van der Waals surface area contributed by atoms with Gasteiger partial charge in [-0.2, -0.15) is 12.1 Å². The summed E-state index contributed by atoms with van der Waals surface area (Å²) in [7, 11) is 0. The maximum Gasteiger partial charge on any atom is 0.0160 e. The van der Waals surface area contributed by atoms with Crippen LogP contribution in [0, 0.1) is 12.1 Å². The molecule has 2 nitrogen and oxygen atoms in total. The Morgan fingerprint density at radius 1 is 0.720 bits per heavy atom. The third-order valence-electron chi connectivity index (χ3n) is 3.02. The first-order valence-corrected chi connectivity index (χ1v) is 8.06. The van der Waals surface area contributed by atoms with Gasteiger partial charge in [0, 0.05) is 52.9 Å². The van der Waals surface area contributed by atoms with E-state index < -0.39 is 0 Å². The zero-order valence-corrected chi connectivity index (χ0v) is 17.8. The standard InChI is InChI=1S/C11H8N.C9H6NS.Pt.Rh/c1-2-6-10(7-3-1)11-8-4-5-9-12-11;1-2-6-10-8(4-1)9-5-3-7-11-9;;/h1-6,8-9H;1-4,6-7H;;/q2*-1;;. The van der Waals surface area contributed by atoms with Crippen LogP contribution in [0.15, 0.2) is 84.5 Å². The van der Waals surface area contributed by atoms with Crippen molar-refractivity contribution in [2.24, 2.45) is 0 Å². The summed E-state index contributed by atoms with van der Waals surface area (Å²) in [6.45, 7) is 0. The van der Waals surface area contributed by atoms with Crippen molar-refractivity contribution in [1.29, 1.82) is 0 Å². The molecule has 0 atom stereocenters. The Kier molecular flexibility index (Phi) is 10.3. The van der Waals surface area contributed by atoms with E-state index in [1.807, 2.05) is 72.1 Å². The summed E-state index contributed by atoms with van der Waals surface area (Å²) in [5.41, 5.74) is 3.01. The second kappa shape index (κ2) is 12.0. The van der Waals surface area contributed by atoms with E-state index in [1.165, 1.54) is 0 Å². The summed E-state index contributed by atoms with van der Waals surface area (Å²) in [6, 6.07) is 27.7. The molecule has 0 aliphatic rings. The molecule has 0 amide bonds. The molecule has 0 fully saturated rings. The SMILES string of the molecule is [Pt].[Rh].[c-]1ccccc1-c1ccccn1.[c-]1ccsc1-c1ccccn1. The molecule has 0 unspecified atom stereocenters. The zero-order valence-electron chi connectivity index (χ0n) is 13.0. The van der Waals surface area contributed by atoms with Gasteiger partial charge in [0.2, 0.25) is 0 Å². The molecule has 0 saturated carbocycles. The molecule has 0 spiro atoms. The van der Waals surface area contributed by atoms with E-state index in [0.29, 0.717) is 0 Å². The van der Waals surface area contributed by atoms with Crippen molar-refractivity contribution in [3.63, 3.8) is 0 Å². The molecule has 131 valence electrons. The minimum Gasteiger partial charge on any atom is -0.319 e. The van der Waals surface area contributed by atoms with Gasteiger partial charge < -0.3 is 9.97 Å². The number of thiophene rings is 1. The van der Waals surface area contributed by atoms with Gasteiger partial charge in [0.15, 0.2) is 0 Å². The minimum absolute atomic E-state index is 0. The second-order valence-corrected chi connectivity index (χ2v) is 5.52. The summed E-state index contributed by atoms with van der Waals surface area (Å²) in [5, 5.41) is 2.00. The number of hydrogen-bond donors (Lipinski definition) is 0. The molecule has 1 radical (unpaired) electrons. The number of rotatable bonds is 2. The van der Waals surface area contributed by atoms with Crippen LogP contribution in [0.4, 0.5) is 0 Å². The molecule has 5 heteroatoms. The van der Waals surface area contributed by atoms with E-state index in [4.69, 9.17) is 0 Å². The van der Waals surface area contributed by atoms with E-state index in [-0.39, 0.29) is 40.5 Å². The van der Waals surface area contributed by atoms with Crippen molar-refractivity contribution in [2.45, 2.75) is 0 Å². The molecule has 3 aromatic heterocycles. The number of hydrogen-bond acceptors (Lipinski definition) is 3. The average Bonchev–Trinajstić information content (AvgIpc) is 3.19. The van der Waals surface area contributed by atoms with E-state index in [2.05, 4.69) is 22.1 Å². The monoisotopic (exact) mass is 612 g/mol. The third-order valence-corrected chi connectivity index (χ3v) is 3.85. The Hall–Kier alpha value is -1.47. The summed E-state index contributed by atoms with van der Waals surface area (Å²) >= 11 is 1.66. The Bertz CT molecular complexity index is 773. The Morgan fingerprint density at radius 2 is 1.40 bits per heavy atom. The molecular formula is C20H14N2PtRhS-2. The average molecular weight is 612 g/mol. The fourth-order valence-electron chi connectivity index (χ4n) is 1.95. The molecule has 0 aliphatic carbocycles. The van der Waals surface area contributed by atoms with Crippen molar-refractivity contribution in [1.82, 2.24) is 9.97 Å².